The summed E-state index contributed by atoms with van der Waals surface area (Å²) < 4.78 is 2.42. The second-order valence-corrected chi connectivity index (χ2v) is 9.86. The zero-order valence-corrected chi connectivity index (χ0v) is 19.8. The molecule has 1 aliphatic carbocycles. The molecule has 1 saturated carbocycles. The van der Waals surface area contributed by atoms with Crippen molar-refractivity contribution < 1.29 is 0 Å². The first-order valence-corrected chi connectivity index (χ1v) is 12.7. The highest BCUT2D eigenvalue weighted by Gasteiger charge is 2.43. The first kappa shape index (κ1) is 21.0. The van der Waals surface area contributed by atoms with E-state index in [1.807, 2.05) is 30.7 Å². The molecule has 3 heterocycles. The molecule has 6 rings (SSSR count). The number of benzene rings is 2. The molecular weight excluding hydrogens is 436 g/mol. The Morgan fingerprint density at radius 3 is 2.32 bits per heavy atom. The van der Waals surface area contributed by atoms with E-state index < -0.39 is 0 Å². The summed E-state index contributed by atoms with van der Waals surface area (Å²) in [5, 5.41) is 4.94. The highest BCUT2D eigenvalue weighted by molar-refractivity contribution is 7.07. The van der Waals surface area contributed by atoms with Crippen LogP contribution in [0.5, 0.6) is 0 Å². The summed E-state index contributed by atoms with van der Waals surface area (Å²) in [5.74, 6) is 0. The minimum Gasteiger partial charge on any atom is -0.316 e. The van der Waals surface area contributed by atoms with Crippen LogP contribution in [0.2, 0.25) is 0 Å². The monoisotopic (exact) mass is 462 g/mol. The third-order valence-corrected chi connectivity index (χ3v) is 7.88. The van der Waals surface area contributed by atoms with Gasteiger partial charge in [-0.3, -0.25) is 15.0 Å². The minimum atomic E-state index is 0.0326. The van der Waals surface area contributed by atoms with Gasteiger partial charge in [0.05, 0.1) is 13.1 Å². The number of aromatic nitrogens is 3. The lowest BCUT2D eigenvalue weighted by atomic mass is 9.62. The van der Waals surface area contributed by atoms with Gasteiger partial charge in [0.25, 0.3) is 0 Å². The van der Waals surface area contributed by atoms with Crippen molar-refractivity contribution in [2.75, 3.05) is 0 Å². The highest BCUT2D eigenvalue weighted by Crippen LogP contribution is 2.49. The van der Waals surface area contributed by atoms with Crippen molar-refractivity contribution in [1.82, 2.24) is 14.5 Å². The molecule has 0 bridgehead atoms. The van der Waals surface area contributed by atoms with Crippen LogP contribution in [0.4, 0.5) is 0 Å². The number of nitrogens with zero attached hydrogens (tertiary/aromatic N) is 4. The molecule has 2 aromatic carbocycles. The number of hydrogen-bond donors (Lipinski definition) is 0. The third kappa shape index (κ3) is 3.86. The fraction of sp³-hybridized carbons (Fsp3) is 0.207. The maximum Gasteiger partial charge on any atom is 0.185 e. The molecule has 5 heteroatoms. The first-order valence-electron chi connectivity index (χ1n) is 11.8. The van der Waals surface area contributed by atoms with Gasteiger partial charge in [0, 0.05) is 41.3 Å². The SMILES string of the molecule is c1cncc(CN=c2scc(C3(c4ccc5ccccc5c4)CCC3)n2Cc2cccnc2)c1. The molecule has 168 valence electrons. The van der Waals surface area contributed by atoms with Crippen LogP contribution in [0.3, 0.4) is 0 Å². The summed E-state index contributed by atoms with van der Waals surface area (Å²) in [6.07, 6.45) is 11.1. The molecule has 0 saturated heterocycles. The van der Waals surface area contributed by atoms with Crippen LogP contribution in [0.25, 0.3) is 10.8 Å². The molecule has 0 spiro atoms. The van der Waals surface area contributed by atoms with E-state index in [-0.39, 0.29) is 5.41 Å². The van der Waals surface area contributed by atoms with Crippen LogP contribution < -0.4 is 4.80 Å². The van der Waals surface area contributed by atoms with Crippen LogP contribution >= 0.6 is 11.3 Å². The van der Waals surface area contributed by atoms with Crippen LogP contribution in [0, 0.1) is 0 Å². The smallest absolute Gasteiger partial charge is 0.185 e. The summed E-state index contributed by atoms with van der Waals surface area (Å²) in [7, 11) is 0. The van der Waals surface area contributed by atoms with Crippen LogP contribution in [0.15, 0.2) is 102 Å². The van der Waals surface area contributed by atoms with E-state index in [1.165, 1.54) is 34.0 Å². The number of rotatable bonds is 6. The molecule has 1 fully saturated rings. The van der Waals surface area contributed by atoms with Gasteiger partial charge in [0.2, 0.25) is 0 Å². The second-order valence-electron chi connectivity index (χ2n) is 9.03. The summed E-state index contributed by atoms with van der Waals surface area (Å²) in [6.45, 7) is 1.40. The lowest BCUT2D eigenvalue weighted by molar-refractivity contribution is 0.284. The average molecular weight is 463 g/mol. The van der Waals surface area contributed by atoms with Gasteiger partial charge in [-0.15, -0.1) is 11.3 Å². The normalized spacial score (nSPS) is 15.4. The fourth-order valence-electron chi connectivity index (χ4n) is 5.02. The van der Waals surface area contributed by atoms with Crippen molar-refractivity contribution in [2.24, 2.45) is 4.99 Å². The Kier molecular flexibility index (Phi) is 5.55. The second kappa shape index (κ2) is 8.99. The summed E-state index contributed by atoms with van der Waals surface area (Å²) in [6, 6.07) is 23.9. The predicted octanol–water partition coefficient (Wildman–Crippen LogP) is 6.11. The van der Waals surface area contributed by atoms with Gasteiger partial charge in [-0.1, -0.05) is 61.0 Å². The van der Waals surface area contributed by atoms with Gasteiger partial charge in [0.15, 0.2) is 4.80 Å². The Labute approximate surface area is 203 Å². The number of fused-ring (bicyclic) bond motifs is 1. The van der Waals surface area contributed by atoms with Crippen molar-refractivity contribution in [3.8, 4) is 0 Å². The van der Waals surface area contributed by atoms with Gasteiger partial charge in [-0.2, -0.15) is 0 Å². The molecule has 5 aromatic rings. The molecule has 0 atom stereocenters. The Balaban J connectivity index is 1.47. The van der Waals surface area contributed by atoms with Crippen LogP contribution in [0.1, 0.15) is 41.6 Å². The molecule has 0 N–H and O–H groups in total. The lowest BCUT2D eigenvalue weighted by Gasteiger charge is -2.43. The van der Waals surface area contributed by atoms with E-state index >= 15 is 0 Å². The molecule has 4 nitrogen and oxygen atoms in total. The quantitative estimate of drug-likeness (QED) is 0.305. The van der Waals surface area contributed by atoms with E-state index in [0.29, 0.717) is 6.54 Å². The predicted molar refractivity (Wildman–Crippen MR) is 138 cm³/mol. The number of pyridine rings is 2. The number of thiazole rings is 1. The maximum atomic E-state index is 5.03. The Hall–Kier alpha value is -3.57. The van der Waals surface area contributed by atoms with E-state index in [0.717, 1.165) is 29.8 Å². The molecule has 3 aromatic heterocycles. The molecular formula is C29H26N4S. The topological polar surface area (TPSA) is 43.1 Å². The standard InChI is InChI=1S/C29H26N4S/c1-2-9-25-16-26(11-10-24(25)8-1)29(12-5-13-29)27-21-34-28(32-19-22-6-3-14-30-17-22)33(27)20-23-7-4-15-31-18-23/h1-4,6-11,14-18,21H,5,12-13,19-20H2. The molecule has 0 amide bonds. The first-order chi connectivity index (χ1) is 16.8. The van der Waals surface area contributed by atoms with Crippen molar-refractivity contribution in [3.63, 3.8) is 0 Å². The Morgan fingerprint density at radius 1 is 0.853 bits per heavy atom. The highest BCUT2D eigenvalue weighted by atomic mass is 32.1. The summed E-state index contributed by atoms with van der Waals surface area (Å²) >= 11 is 1.74. The van der Waals surface area contributed by atoms with E-state index in [1.54, 1.807) is 17.5 Å². The summed E-state index contributed by atoms with van der Waals surface area (Å²) in [4.78, 5) is 14.7. The molecule has 0 aliphatic heterocycles. The molecule has 1 aliphatic rings. The van der Waals surface area contributed by atoms with Crippen molar-refractivity contribution in [3.05, 3.63) is 124 Å². The Morgan fingerprint density at radius 2 is 1.62 bits per heavy atom. The van der Waals surface area contributed by atoms with Gasteiger partial charge in [-0.05, 0) is 52.4 Å². The Bertz CT molecular complexity index is 1480. The maximum absolute atomic E-state index is 5.03. The third-order valence-electron chi connectivity index (χ3n) is 6.98. The molecule has 0 radical (unpaired) electrons. The van der Waals surface area contributed by atoms with E-state index in [9.17, 15) is 0 Å². The number of hydrogen-bond acceptors (Lipinski definition) is 4. The van der Waals surface area contributed by atoms with E-state index in [2.05, 4.69) is 74.5 Å². The molecule has 0 unspecified atom stereocenters. The van der Waals surface area contributed by atoms with Crippen molar-refractivity contribution >= 4 is 22.1 Å². The van der Waals surface area contributed by atoms with Crippen LogP contribution in [-0.4, -0.2) is 14.5 Å². The summed E-state index contributed by atoms with van der Waals surface area (Å²) in [5.41, 5.74) is 5.13. The zero-order chi connectivity index (χ0) is 22.8. The van der Waals surface area contributed by atoms with Gasteiger partial charge in [-0.25, -0.2) is 0 Å². The van der Waals surface area contributed by atoms with E-state index in [4.69, 9.17) is 4.99 Å². The van der Waals surface area contributed by atoms with Crippen molar-refractivity contribution in [1.29, 1.82) is 0 Å². The molecule has 34 heavy (non-hydrogen) atoms. The minimum absolute atomic E-state index is 0.0326. The lowest BCUT2D eigenvalue weighted by Crippen LogP contribution is -2.39. The largest absolute Gasteiger partial charge is 0.316 e. The average Bonchev–Trinajstić information content (AvgIpc) is 3.25. The van der Waals surface area contributed by atoms with Gasteiger partial charge >= 0.3 is 0 Å². The fourth-order valence-corrected chi connectivity index (χ4v) is 6.02. The van der Waals surface area contributed by atoms with Crippen molar-refractivity contribution in [2.45, 2.75) is 37.8 Å². The zero-order valence-electron chi connectivity index (χ0n) is 19.0. The van der Waals surface area contributed by atoms with Crippen LogP contribution in [-0.2, 0) is 18.5 Å². The van der Waals surface area contributed by atoms with Gasteiger partial charge in [0.1, 0.15) is 0 Å². The van der Waals surface area contributed by atoms with Gasteiger partial charge < -0.3 is 4.57 Å².